The minimum Gasteiger partial charge on any atom is -0.271 e. The Labute approximate surface area is 131 Å². The van der Waals surface area contributed by atoms with Crippen LogP contribution in [-0.4, -0.2) is 22.7 Å². The van der Waals surface area contributed by atoms with E-state index < -0.39 is 5.92 Å². The van der Waals surface area contributed by atoms with Gasteiger partial charge in [0.2, 0.25) is 0 Å². The second kappa shape index (κ2) is 5.92. The van der Waals surface area contributed by atoms with Gasteiger partial charge in [0.15, 0.2) is 0 Å². The fourth-order valence-electron chi connectivity index (χ4n) is 3.59. The molecule has 1 heterocycles. The van der Waals surface area contributed by atoms with Crippen LogP contribution >= 0.6 is 0 Å². The molecular formula is C18H21N3O. The molecule has 1 saturated heterocycles. The molecule has 3 unspecified atom stereocenters. The third kappa shape index (κ3) is 2.64. The van der Waals surface area contributed by atoms with Gasteiger partial charge in [-0.05, 0) is 44.6 Å². The number of piperidine rings is 1. The minimum atomic E-state index is -0.533. The molecule has 1 aromatic carbocycles. The van der Waals surface area contributed by atoms with E-state index in [-0.39, 0.29) is 11.9 Å². The predicted molar refractivity (Wildman–Crippen MR) is 85.1 cm³/mol. The molecule has 4 heteroatoms. The molecule has 0 aromatic heterocycles. The molecule has 1 aliphatic carbocycles. The molecule has 1 aromatic rings. The lowest BCUT2D eigenvalue weighted by atomic mass is 9.86. The molecule has 1 saturated carbocycles. The average Bonchev–Trinajstić information content (AvgIpc) is 2.98. The fraction of sp³-hybridized carbons (Fsp3) is 0.500. The molecule has 1 aliphatic heterocycles. The van der Waals surface area contributed by atoms with E-state index in [1.165, 1.54) is 5.56 Å². The monoisotopic (exact) mass is 295 g/mol. The normalized spacial score (nSPS) is 28.4. The number of amides is 1. The number of carbonyl (C=O) groups is 1. The van der Waals surface area contributed by atoms with E-state index in [0.29, 0.717) is 12.3 Å². The number of aryl methyl sites for hydroxylation is 1. The summed E-state index contributed by atoms with van der Waals surface area (Å²) in [5.41, 5.74) is 3.05. The van der Waals surface area contributed by atoms with Crippen molar-refractivity contribution < 1.29 is 4.79 Å². The Bertz CT molecular complexity index is 641. The van der Waals surface area contributed by atoms with Gasteiger partial charge in [-0.25, -0.2) is 5.01 Å². The number of hydrogen-bond acceptors (Lipinski definition) is 3. The van der Waals surface area contributed by atoms with Gasteiger partial charge >= 0.3 is 0 Å². The van der Waals surface area contributed by atoms with Crippen LogP contribution in [0.3, 0.4) is 0 Å². The molecule has 1 amide bonds. The summed E-state index contributed by atoms with van der Waals surface area (Å²) >= 11 is 0. The van der Waals surface area contributed by atoms with E-state index in [1.807, 2.05) is 38.1 Å². The standard InChI is InChI=1S/C18H21N3O/c1-12-6-8-14(9-7-12)13(2)20-21-17-5-3-4-15(17)10-16(11-19)18(21)22/h6-9,15-17H,3-5,10H2,1-2H3. The summed E-state index contributed by atoms with van der Waals surface area (Å²) in [6, 6.07) is 10.5. The maximum atomic E-state index is 12.5. The van der Waals surface area contributed by atoms with Crippen molar-refractivity contribution >= 4 is 11.6 Å². The highest BCUT2D eigenvalue weighted by Gasteiger charge is 2.44. The third-order valence-corrected chi connectivity index (χ3v) is 4.88. The zero-order valence-electron chi connectivity index (χ0n) is 13.1. The smallest absolute Gasteiger partial charge is 0.260 e. The quantitative estimate of drug-likeness (QED) is 0.786. The molecule has 3 atom stereocenters. The fourth-order valence-corrected chi connectivity index (χ4v) is 3.59. The third-order valence-electron chi connectivity index (χ3n) is 4.88. The first-order chi connectivity index (χ1) is 10.6. The summed E-state index contributed by atoms with van der Waals surface area (Å²) in [7, 11) is 0. The van der Waals surface area contributed by atoms with E-state index >= 15 is 0 Å². The van der Waals surface area contributed by atoms with E-state index in [9.17, 15) is 10.1 Å². The number of nitrogens with zero attached hydrogens (tertiary/aromatic N) is 3. The summed E-state index contributed by atoms with van der Waals surface area (Å²) in [5.74, 6) is -0.233. The number of nitriles is 1. The predicted octanol–water partition coefficient (Wildman–Crippen LogP) is 3.26. The number of rotatable bonds is 2. The highest BCUT2D eigenvalue weighted by molar-refractivity contribution is 5.99. The lowest BCUT2D eigenvalue weighted by Gasteiger charge is -2.36. The topological polar surface area (TPSA) is 56.5 Å². The zero-order valence-corrected chi connectivity index (χ0v) is 13.1. The van der Waals surface area contributed by atoms with Gasteiger partial charge in [0.1, 0.15) is 5.92 Å². The van der Waals surface area contributed by atoms with Crippen LogP contribution in [0.5, 0.6) is 0 Å². The van der Waals surface area contributed by atoms with Gasteiger partial charge in [-0.15, -0.1) is 0 Å². The molecule has 4 nitrogen and oxygen atoms in total. The molecule has 3 rings (SSSR count). The Morgan fingerprint density at radius 3 is 2.73 bits per heavy atom. The van der Waals surface area contributed by atoms with E-state index in [4.69, 9.17) is 0 Å². The lowest BCUT2D eigenvalue weighted by molar-refractivity contribution is -0.141. The largest absolute Gasteiger partial charge is 0.271 e. The number of hydrogen-bond donors (Lipinski definition) is 0. The van der Waals surface area contributed by atoms with Gasteiger partial charge < -0.3 is 0 Å². The highest BCUT2D eigenvalue weighted by atomic mass is 16.2. The summed E-state index contributed by atoms with van der Waals surface area (Å²) in [6.07, 6.45) is 3.93. The highest BCUT2D eigenvalue weighted by Crippen LogP contribution is 2.39. The van der Waals surface area contributed by atoms with Crippen LogP contribution in [0.15, 0.2) is 29.4 Å². The van der Waals surface area contributed by atoms with E-state index in [2.05, 4.69) is 11.2 Å². The van der Waals surface area contributed by atoms with Gasteiger partial charge in [-0.2, -0.15) is 10.4 Å². The Morgan fingerprint density at radius 2 is 2.05 bits per heavy atom. The molecule has 0 N–H and O–H groups in total. The molecule has 0 spiro atoms. The second-order valence-corrected chi connectivity index (χ2v) is 6.41. The SMILES string of the molecule is CC(=NN1C(=O)C(C#N)CC2CCCC21)c1ccc(C)cc1. The van der Waals surface area contributed by atoms with Crippen molar-refractivity contribution in [3.8, 4) is 6.07 Å². The first-order valence-electron chi connectivity index (χ1n) is 7.95. The Morgan fingerprint density at radius 1 is 1.32 bits per heavy atom. The Balaban J connectivity index is 1.90. The number of hydrazone groups is 1. The van der Waals surface area contributed by atoms with Gasteiger partial charge in [0.05, 0.1) is 17.8 Å². The van der Waals surface area contributed by atoms with Crippen molar-refractivity contribution in [2.75, 3.05) is 0 Å². The van der Waals surface area contributed by atoms with Crippen LogP contribution in [0.4, 0.5) is 0 Å². The summed E-state index contributed by atoms with van der Waals surface area (Å²) < 4.78 is 0. The zero-order chi connectivity index (χ0) is 15.7. The van der Waals surface area contributed by atoms with Crippen molar-refractivity contribution in [1.82, 2.24) is 5.01 Å². The Kier molecular flexibility index (Phi) is 3.98. The average molecular weight is 295 g/mol. The molecule has 114 valence electrons. The Hall–Kier alpha value is -2.15. The van der Waals surface area contributed by atoms with Gasteiger partial charge in [-0.3, -0.25) is 4.79 Å². The molecule has 22 heavy (non-hydrogen) atoms. The maximum Gasteiger partial charge on any atom is 0.260 e. The van der Waals surface area contributed by atoms with Crippen LogP contribution in [0.1, 0.15) is 43.7 Å². The van der Waals surface area contributed by atoms with Crippen molar-refractivity contribution in [2.24, 2.45) is 16.9 Å². The van der Waals surface area contributed by atoms with E-state index in [0.717, 1.165) is 30.5 Å². The molecule has 2 aliphatic rings. The van der Waals surface area contributed by atoms with Crippen molar-refractivity contribution in [2.45, 2.75) is 45.6 Å². The first kappa shape index (κ1) is 14.8. The number of fused-ring (bicyclic) bond motifs is 1. The molecule has 0 bridgehead atoms. The van der Waals surface area contributed by atoms with Gasteiger partial charge in [0, 0.05) is 0 Å². The van der Waals surface area contributed by atoms with E-state index in [1.54, 1.807) is 5.01 Å². The van der Waals surface area contributed by atoms with Gasteiger partial charge in [0.25, 0.3) is 5.91 Å². The van der Waals surface area contributed by atoms with Crippen molar-refractivity contribution in [1.29, 1.82) is 5.26 Å². The lowest BCUT2D eigenvalue weighted by Crippen LogP contribution is -2.47. The summed E-state index contributed by atoms with van der Waals surface area (Å²) in [5, 5.41) is 15.5. The van der Waals surface area contributed by atoms with Crippen molar-refractivity contribution in [3.63, 3.8) is 0 Å². The second-order valence-electron chi connectivity index (χ2n) is 6.41. The van der Waals surface area contributed by atoms with Crippen LogP contribution in [0.25, 0.3) is 0 Å². The molecule has 0 radical (unpaired) electrons. The minimum absolute atomic E-state index is 0.128. The van der Waals surface area contributed by atoms with Crippen LogP contribution in [0, 0.1) is 30.1 Å². The maximum absolute atomic E-state index is 12.5. The number of carbonyl (C=O) groups excluding carboxylic acids is 1. The van der Waals surface area contributed by atoms with Crippen molar-refractivity contribution in [3.05, 3.63) is 35.4 Å². The number of benzene rings is 1. The molecular weight excluding hydrogens is 274 g/mol. The molecule has 2 fully saturated rings. The van der Waals surface area contributed by atoms with Crippen LogP contribution in [0.2, 0.25) is 0 Å². The van der Waals surface area contributed by atoms with Gasteiger partial charge in [-0.1, -0.05) is 36.2 Å². The summed E-state index contributed by atoms with van der Waals surface area (Å²) in [6.45, 7) is 3.98. The first-order valence-corrected chi connectivity index (χ1v) is 7.95. The van der Waals surface area contributed by atoms with Crippen LogP contribution in [-0.2, 0) is 4.79 Å². The summed E-state index contributed by atoms with van der Waals surface area (Å²) in [4.78, 5) is 12.5. The van der Waals surface area contributed by atoms with Crippen LogP contribution < -0.4 is 0 Å².